The third-order valence-corrected chi connectivity index (χ3v) is 8.92. The molecule has 1 aliphatic carbocycles. The van der Waals surface area contributed by atoms with E-state index in [2.05, 4.69) is 0 Å². The number of hydrogen-bond donors (Lipinski definition) is 1. The van der Waals surface area contributed by atoms with Gasteiger partial charge in [0.15, 0.2) is 6.17 Å². The largest absolute Gasteiger partial charge is 0.426 e. The molecule has 2 aromatic rings. The van der Waals surface area contributed by atoms with E-state index in [1.165, 1.54) is 24.3 Å². The number of aliphatic hydroxyl groups excluding tert-OH is 1. The molecule has 2 aromatic carbocycles. The number of amides is 2. The molecule has 40 heavy (non-hydrogen) atoms. The molecule has 0 saturated carbocycles. The van der Waals surface area contributed by atoms with Crippen molar-refractivity contribution in [3.05, 3.63) is 70.5 Å². The standard InChI is InChI=1S/C29H30F6N2O3/c1-27(32,29(33,34)35)19-5-8-21-18(14-19)4-9-24-28(21,16-17-2-6-20(30)7-3-17)10-11-37(24)26(40)23-15-22(31)25(39)36(23)12-13-38/h2-3,5-8,14,22-24,38H,4,9-13,15-16H2,1H3/t22-,23-,24+,27?,28+/m0/s1. The lowest BCUT2D eigenvalue weighted by Crippen LogP contribution is -2.54. The fourth-order valence-corrected chi connectivity index (χ4v) is 6.81. The SMILES string of the molecule is CC(F)(c1ccc2c(c1)CC[C@H]1N(C(=O)[C@@H]3C[C@H](F)C(=O)N3CCO)CC[C@@]21Cc1ccc(F)cc1)C(F)(F)F. The fourth-order valence-electron chi connectivity index (χ4n) is 6.81. The quantitative estimate of drug-likeness (QED) is 0.521. The lowest BCUT2D eigenvalue weighted by molar-refractivity contribution is -0.228. The normalized spacial score (nSPS) is 27.9. The second-order valence-electron chi connectivity index (χ2n) is 11.1. The van der Waals surface area contributed by atoms with Crippen LogP contribution in [0.15, 0.2) is 42.5 Å². The van der Waals surface area contributed by atoms with Gasteiger partial charge in [-0.25, -0.2) is 13.2 Å². The number of rotatable bonds is 6. The molecule has 2 aliphatic heterocycles. The van der Waals surface area contributed by atoms with Gasteiger partial charge in [-0.05, 0) is 67.0 Å². The van der Waals surface area contributed by atoms with Crippen LogP contribution in [0.2, 0.25) is 0 Å². The molecule has 216 valence electrons. The van der Waals surface area contributed by atoms with Crippen LogP contribution in [0.25, 0.3) is 0 Å². The summed E-state index contributed by atoms with van der Waals surface area (Å²) >= 11 is 0. The summed E-state index contributed by atoms with van der Waals surface area (Å²) in [7, 11) is 0. The highest BCUT2D eigenvalue weighted by Crippen LogP contribution is 2.51. The van der Waals surface area contributed by atoms with Crippen molar-refractivity contribution in [2.75, 3.05) is 19.7 Å². The molecule has 5 rings (SSSR count). The second-order valence-corrected chi connectivity index (χ2v) is 11.1. The maximum atomic E-state index is 14.9. The van der Waals surface area contributed by atoms with E-state index in [9.17, 15) is 41.0 Å². The third-order valence-electron chi connectivity index (χ3n) is 8.92. The van der Waals surface area contributed by atoms with E-state index in [1.807, 2.05) is 0 Å². The predicted molar refractivity (Wildman–Crippen MR) is 133 cm³/mol. The summed E-state index contributed by atoms with van der Waals surface area (Å²) in [6, 6.07) is 8.23. The average Bonchev–Trinajstić information content (AvgIpc) is 3.42. The smallest absolute Gasteiger partial charge is 0.395 e. The number of halogens is 6. The number of β-amino-alcohol motifs (C(OH)–C–C–N with tert-alkyl or cyclic N) is 1. The molecule has 2 amide bonds. The van der Waals surface area contributed by atoms with Crippen LogP contribution in [0.1, 0.15) is 48.4 Å². The first-order valence-electron chi connectivity index (χ1n) is 13.3. The molecule has 2 saturated heterocycles. The molecule has 0 spiro atoms. The maximum absolute atomic E-state index is 14.9. The van der Waals surface area contributed by atoms with Crippen molar-refractivity contribution < 1.29 is 41.0 Å². The van der Waals surface area contributed by atoms with Crippen molar-refractivity contribution in [3.8, 4) is 0 Å². The second kappa shape index (κ2) is 10.1. The molecule has 0 bridgehead atoms. The lowest BCUT2D eigenvalue weighted by Gasteiger charge is -2.44. The molecule has 3 aliphatic rings. The minimum Gasteiger partial charge on any atom is -0.395 e. The third kappa shape index (κ3) is 4.55. The lowest BCUT2D eigenvalue weighted by atomic mass is 9.63. The van der Waals surface area contributed by atoms with E-state index < -0.39 is 65.3 Å². The highest BCUT2D eigenvalue weighted by molar-refractivity contribution is 5.93. The number of carbonyl (C=O) groups excluding carboxylic acids is 2. The monoisotopic (exact) mass is 568 g/mol. The van der Waals surface area contributed by atoms with Gasteiger partial charge in [0, 0.05) is 31.0 Å². The van der Waals surface area contributed by atoms with E-state index in [0.717, 1.165) is 16.5 Å². The summed E-state index contributed by atoms with van der Waals surface area (Å²) in [6.07, 6.45) is -5.87. The number of benzene rings is 2. The maximum Gasteiger partial charge on any atom is 0.426 e. The van der Waals surface area contributed by atoms with Gasteiger partial charge in [-0.3, -0.25) is 9.59 Å². The van der Waals surface area contributed by atoms with Crippen LogP contribution >= 0.6 is 0 Å². The minimum atomic E-state index is -5.10. The fraction of sp³-hybridized carbons (Fsp3) is 0.517. The zero-order valence-electron chi connectivity index (χ0n) is 21.9. The Bertz CT molecular complexity index is 1300. The van der Waals surface area contributed by atoms with Crippen molar-refractivity contribution >= 4 is 11.8 Å². The number of likely N-dealkylation sites (tertiary alicyclic amines) is 2. The molecule has 5 nitrogen and oxygen atoms in total. The van der Waals surface area contributed by atoms with E-state index in [-0.39, 0.29) is 25.9 Å². The van der Waals surface area contributed by atoms with E-state index >= 15 is 0 Å². The Labute approximate surface area is 227 Å². The van der Waals surface area contributed by atoms with Gasteiger partial charge in [0.1, 0.15) is 11.9 Å². The number of hydrogen-bond acceptors (Lipinski definition) is 3. The van der Waals surface area contributed by atoms with Crippen LogP contribution in [0.4, 0.5) is 26.3 Å². The molecule has 11 heteroatoms. The van der Waals surface area contributed by atoms with Gasteiger partial charge in [-0.2, -0.15) is 13.2 Å². The molecular formula is C29H30F6N2O3. The Morgan fingerprint density at radius 3 is 2.48 bits per heavy atom. The molecule has 2 heterocycles. The number of carbonyl (C=O) groups is 2. The van der Waals surface area contributed by atoms with Crippen molar-refractivity contribution in [2.24, 2.45) is 0 Å². The number of fused-ring (bicyclic) bond motifs is 3. The predicted octanol–water partition coefficient (Wildman–Crippen LogP) is 4.53. The molecule has 0 radical (unpaired) electrons. The first-order chi connectivity index (χ1) is 18.8. The van der Waals surface area contributed by atoms with Crippen molar-refractivity contribution in [3.63, 3.8) is 0 Å². The van der Waals surface area contributed by atoms with Gasteiger partial charge in [0.05, 0.1) is 6.61 Å². The Balaban J connectivity index is 1.54. The van der Waals surface area contributed by atoms with Crippen molar-refractivity contribution in [1.82, 2.24) is 9.80 Å². The van der Waals surface area contributed by atoms with Crippen LogP contribution < -0.4 is 0 Å². The summed E-state index contributed by atoms with van der Waals surface area (Å²) in [5.74, 6) is -1.72. The molecule has 0 aromatic heterocycles. The average molecular weight is 569 g/mol. The summed E-state index contributed by atoms with van der Waals surface area (Å²) < 4.78 is 83.3. The summed E-state index contributed by atoms with van der Waals surface area (Å²) in [5, 5.41) is 9.38. The summed E-state index contributed by atoms with van der Waals surface area (Å²) in [5.41, 5.74) is -2.81. The Morgan fingerprint density at radius 2 is 1.82 bits per heavy atom. The van der Waals surface area contributed by atoms with Crippen LogP contribution in [-0.2, 0) is 33.5 Å². The Hall–Kier alpha value is -3.08. The van der Waals surface area contributed by atoms with Crippen LogP contribution in [-0.4, -0.2) is 70.8 Å². The number of nitrogens with zero attached hydrogens (tertiary/aromatic N) is 2. The molecule has 2 fully saturated rings. The van der Waals surface area contributed by atoms with E-state index in [1.54, 1.807) is 17.0 Å². The van der Waals surface area contributed by atoms with Gasteiger partial charge in [-0.1, -0.05) is 30.3 Å². The summed E-state index contributed by atoms with van der Waals surface area (Å²) in [6.45, 7) is 0.136. The van der Waals surface area contributed by atoms with E-state index in [0.29, 0.717) is 37.3 Å². The zero-order valence-corrected chi connectivity index (χ0v) is 21.9. The highest BCUT2D eigenvalue weighted by Gasteiger charge is 2.57. The van der Waals surface area contributed by atoms with Crippen molar-refractivity contribution in [2.45, 2.75) is 74.5 Å². The van der Waals surface area contributed by atoms with Gasteiger partial charge in [0.25, 0.3) is 5.91 Å². The number of aryl methyl sites for hydroxylation is 1. The Morgan fingerprint density at radius 1 is 1.12 bits per heavy atom. The van der Waals surface area contributed by atoms with Crippen LogP contribution in [0, 0.1) is 5.82 Å². The van der Waals surface area contributed by atoms with Gasteiger partial charge < -0.3 is 14.9 Å². The van der Waals surface area contributed by atoms with Crippen LogP contribution in [0.3, 0.4) is 0 Å². The molecule has 1 unspecified atom stereocenters. The highest BCUT2D eigenvalue weighted by atomic mass is 19.4. The zero-order chi connectivity index (χ0) is 29.0. The Kier molecular flexibility index (Phi) is 7.17. The topological polar surface area (TPSA) is 60.9 Å². The first-order valence-corrected chi connectivity index (χ1v) is 13.3. The van der Waals surface area contributed by atoms with Crippen molar-refractivity contribution in [1.29, 1.82) is 0 Å². The van der Waals surface area contributed by atoms with E-state index in [4.69, 9.17) is 0 Å². The molecule has 5 atom stereocenters. The first kappa shape index (κ1) is 28.4. The van der Waals surface area contributed by atoms with Crippen LogP contribution in [0.5, 0.6) is 0 Å². The van der Waals surface area contributed by atoms with Gasteiger partial charge in [-0.15, -0.1) is 0 Å². The van der Waals surface area contributed by atoms with Gasteiger partial charge in [0.2, 0.25) is 11.6 Å². The number of aliphatic hydroxyl groups is 1. The number of alkyl halides is 5. The molecular weight excluding hydrogens is 538 g/mol. The summed E-state index contributed by atoms with van der Waals surface area (Å²) in [4.78, 5) is 28.8. The van der Waals surface area contributed by atoms with Gasteiger partial charge >= 0.3 is 6.18 Å². The minimum absolute atomic E-state index is 0.179. The molecule has 1 N–H and O–H groups in total.